The zero-order valence-corrected chi connectivity index (χ0v) is 20.2. The molecule has 1 aromatic carbocycles. The maximum Gasteiger partial charge on any atom is 0.227 e. The van der Waals surface area contributed by atoms with Crippen LogP contribution < -0.4 is 14.9 Å². The number of anilines is 2. The molecule has 0 aromatic heterocycles. The SMILES string of the molecule is Cc1cc(NC(=O)[C@H]2CC[C@H](NS(=O)(=O)C(C)C)CC2)ccc1N1C[C@@H](C)O[C@@H](C)C1. The van der Waals surface area contributed by atoms with E-state index in [1.54, 1.807) is 13.8 Å². The van der Waals surface area contributed by atoms with E-state index in [9.17, 15) is 13.2 Å². The van der Waals surface area contributed by atoms with Gasteiger partial charge in [0.2, 0.25) is 15.9 Å². The molecule has 1 heterocycles. The number of morpholine rings is 1. The third-order valence-corrected chi connectivity index (χ3v) is 8.18. The van der Waals surface area contributed by atoms with Crippen molar-refractivity contribution in [2.45, 2.75) is 83.8 Å². The largest absolute Gasteiger partial charge is 0.372 e. The van der Waals surface area contributed by atoms with Gasteiger partial charge in [0.1, 0.15) is 0 Å². The van der Waals surface area contributed by atoms with Gasteiger partial charge in [-0.05, 0) is 84.1 Å². The van der Waals surface area contributed by atoms with Crippen molar-refractivity contribution in [1.82, 2.24) is 4.72 Å². The van der Waals surface area contributed by atoms with Crippen molar-refractivity contribution in [2.75, 3.05) is 23.3 Å². The van der Waals surface area contributed by atoms with Crippen LogP contribution in [0.1, 0.15) is 58.9 Å². The zero-order valence-electron chi connectivity index (χ0n) is 19.3. The summed E-state index contributed by atoms with van der Waals surface area (Å²) in [4.78, 5) is 15.1. The number of rotatable bonds is 6. The first-order valence-corrected chi connectivity index (χ1v) is 12.9. The minimum absolute atomic E-state index is 0.0194. The summed E-state index contributed by atoms with van der Waals surface area (Å²) >= 11 is 0. The molecule has 7 nitrogen and oxygen atoms in total. The molecule has 8 heteroatoms. The predicted octanol–water partition coefficient (Wildman–Crippen LogP) is 3.43. The molecular weight excluding hydrogens is 414 g/mol. The lowest BCUT2D eigenvalue weighted by Gasteiger charge is -2.37. The molecule has 2 fully saturated rings. The molecule has 1 amide bonds. The highest BCUT2D eigenvalue weighted by atomic mass is 32.2. The summed E-state index contributed by atoms with van der Waals surface area (Å²) in [6, 6.07) is 6.00. The first kappa shape index (κ1) is 24.0. The molecular formula is C23H37N3O4S. The molecule has 0 radical (unpaired) electrons. The fourth-order valence-electron chi connectivity index (χ4n) is 4.55. The van der Waals surface area contributed by atoms with Crippen molar-refractivity contribution in [3.05, 3.63) is 23.8 Å². The van der Waals surface area contributed by atoms with Crippen LogP contribution in [0.25, 0.3) is 0 Å². The van der Waals surface area contributed by atoms with Crippen molar-refractivity contribution in [1.29, 1.82) is 0 Å². The van der Waals surface area contributed by atoms with E-state index in [0.29, 0.717) is 25.7 Å². The monoisotopic (exact) mass is 451 g/mol. The third-order valence-electron chi connectivity index (χ3n) is 6.27. The molecule has 2 aliphatic rings. The Kier molecular flexibility index (Phi) is 7.65. The molecule has 1 saturated carbocycles. The topological polar surface area (TPSA) is 87.7 Å². The van der Waals surface area contributed by atoms with E-state index >= 15 is 0 Å². The minimum atomic E-state index is -3.27. The molecule has 0 spiro atoms. The Morgan fingerprint density at radius 1 is 1.10 bits per heavy atom. The number of hydrogen-bond donors (Lipinski definition) is 2. The van der Waals surface area contributed by atoms with Crippen molar-refractivity contribution < 1.29 is 17.9 Å². The standard InChI is InChI=1S/C23H37N3O4S/c1-15(2)31(28,29)25-20-8-6-19(7-9-20)23(27)24-21-10-11-22(16(3)12-21)26-13-17(4)30-18(5)14-26/h10-12,15,17-20,25H,6-9,13-14H2,1-5H3,(H,24,27)/t17-,18+,19-,20-. The number of carbonyl (C=O) groups excluding carboxylic acids is 1. The Labute approximate surface area is 187 Å². The average Bonchev–Trinajstić information content (AvgIpc) is 2.67. The van der Waals surface area contributed by atoms with Crippen LogP contribution in [0.2, 0.25) is 0 Å². The lowest BCUT2D eigenvalue weighted by molar-refractivity contribution is -0.120. The molecule has 2 N–H and O–H groups in total. The number of ether oxygens (including phenoxy) is 1. The van der Waals surface area contributed by atoms with E-state index in [4.69, 9.17) is 4.74 Å². The maximum atomic E-state index is 12.8. The van der Waals surface area contributed by atoms with Crippen LogP contribution in [0.5, 0.6) is 0 Å². The van der Waals surface area contributed by atoms with Crippen LogP contribution in [0.15, 0.2) is 18.2 Å². The summed E-state index contributed by atoms with van der Waals surface area (Å²) in [6.07, 6.45) is 3.16. The fraction of sp³-hybridized carbons (Fsp3) is 0.696. The summed E-state index contributed by atoms with van der Waals surface area (Å²) in [6.45, 7) is 11.3. The zero-order chi connectivity index (χ0) is 22.8. The number of benzene rings is 1. The van der Waals surface area contributed by atoms with Gasteiger partial charge in [-0.1, -0.05) is 0 Å². The summed E-state index contributed by atoms with van der Waals surface area (Å²) in [5.41, 5.74) is 3.12. The maximum absolute atomic E-state index is 12.8. The molecule has 1 aliphatic heterocycles. The molecule has 1 aliphatic carbocycles. The Balaban J connectivity index is 1.55. The lowest BCUT2D eigenvalue weighted by atomic mass is 9.86. The second-order valence-corrected chi connectivity index (χ2v) is 11.7. The Morgan fingerprint density at radius 3 is 2.26 bits per heavy atom. The molecule has 0 unspecified atom stereocenters. The van der Waals surface area contributed by atoms with Crippen LogP contribution in [0.3, 0.4) is 0 Å². The second-order valence-electron chi connectivity index (χ2n) is 9.41. The minimum Gasteiger partial charge on any atom is -0.372 e. The van der Waals surface area contributed by atoms with Gasteiger partial charge in [-0.3, -0.25) is 4.79 Å². The molecule has 174 valence electrons. The van der Waals surface area contributed by atoms with E-state index in [2.05, 4.69) is 41.8 Å². The Bertz CT molecular complexity index is 869. The predicted molar refractivity (Wildman–Crippen MR) is 125 cm³/mol. The normalized spacial score (nSPS) is 27.4. The quantitative estimate of drug-likeness (QED) is 0.692. The van der Waals surface area contributed by atoms with Gasteiger partial charge in [0.15, 0.2) is 0 Å². The van der Waals surface area contributed by atoms with Gasteiger partial charge < -0.3 is 15.0 Å². The van der Waals surface area contributed by atoms with Gasteiger partial charge in [-0.15, -0.1) is 0 Å². The molecule has 2 atom stereocenters. The van der Waals surface area contributed by atoms with Gasteiger partial charge in [-0.25, -0.2) is 13.1 Å². The van der Waals surface area contributed by atoms with Gasteiger partial charge in [-0.2, -0.15) is 0 Å². The first-order chi connectivity index (χ1) is 14.5. The Hall–Kier alpha value is -1.64. The number of amides is 1. The number of carbonyl (C=O) groups is 1. The third kappa shape index (κ3) is 6.20. The second kappa shape index (κ2) is 9.88. The van der Waals surface area contributed by atoms with Gasteiger partial charge in [0.05, 0.1) is 17.5 Å². The number of nitrogens with one attached hydrogen (secondary N) is 2. The van der Waals surface area contributed by atoms with Crippen LogP contribution >= 0.6 is 0 Å². The highest BCUT2D eigenvalue weighted by Crippen LogP contribution is 2.29. The van der Waals surface area contributed by atoms with E-state index in [1.165, 1.54) is 5.69 Å². The molecule has 1 saturated heterocycles. The molecule has 31 heavy (non-hydrogen) atoms. The van der Waals surface area contributed by atoms with E-state index in [0.717, 1.165) is 24.3 Å². The van der Waals surface area contributed by atoms with Crippen molar-refractivity contribution in [3.63, 3.8) is 0 Å². The van der Waals surface area contributed by atoms with Crippen LogP contribution in [-0.2, 0) is 19.6 Å². The highest BCUT2D eigenvalue weighted by molar-refractivity contribution is 7.90. The number of sulfonamides is 1. The average molecular weight is 452 g/mol. The summed E-state index contributed by atoms with van der Waals surface area (Å²) < 4.78 is 32.7. The smallest absolute Gasteiger partial charge is 0.227 e. The summed E-state index contributed by atoms with van der Waals surface area (Å²) in [5, 5.41) is 2.62. The molecule has 3 rings (SSSR count). The van der Waals surface area contributed by atoms with Crippen LogP contribution in [0.4, 0.5) is 11.4 Å². The van der Waals surface area contributed by atoms with Crippen molar-refractivity contribution in [2.24, 2.45) is 5.92 Å². The Morgan fingerprint density at radius 2 is 1.71 bits per heavy atom. The highest BCUT2D eigenvalue weighted by Gasteiger charge is 2.30. The van der Waals surface area contributed by atoms with Crippen molar-refractivity contribution in [3.8, 4) is 0 Å². The van der Waals surface area contributed by atoms with E-state index in [1.807, 2.05) is 12.1 Å². The number of aryl methyl sites for hydroxylation is 1. The van der Waals surface area contributed by atoms with E-state index < -0.39 is 15.3 Å². The van der Waals surface area contributed by atoms with Crippen molar-refractivity contribution >= 4 is 27.3 Å². The van der Waals surface area contributed by atoms with Gasteiger partial charge in [0.25, 0.3) is 0 Å². The molecule has 1 aromatic rings. The van der Waals surface area contributed by atoms with E-state index in [-0.39, 0.29) is 30.1 Å². The van der Waals surface area contributed by atoms with Crippen LogP contribution in [0, 0.1) is 12.8 Å². The number of nitrogens with zero attached hydrogens (tertiary/aromatic N) is 1. The van der Waals surface area contributed by atoms with Crippen LogP contribution in [-0.4, -0.2) is 50.9 Å². The lowest BCUT2D eigenvalue weighted by Crippen LogP contribution is -2.45. The number of hydrogen-bond acceptors (Lipinski definition) is 5. The fourth-order valence-corrected chi connectivity index (χ4v) is 5.52. The summed E-state index contributed by atoms with van der Waals surface area (Å²) in [7, 11) is -3.27. The first-order valence-electron chi connectivity index (χ1n) is 11.4. The molecule has 0 bridgehead atoms. The van der Waals surface area contributed by atoms with Gasteiger partial charge >= 0.3 is 0 Å². The summed E-state index contributed by atoms with van der Waals surface area (Å²) in [5.74, 6) is -0.0633. The van der Waals surface area contributed by atoms with Gasteiger partial charge in [0, 0.05) is 36.4 Å².